The fourth-order valence-electron chi connectivity index (χ4n) is 4.45. The van der Waals surface area contributed by atoms with Gasteiger partial charge in [-0.05, 0) is 18.6 Å². The lowest BCUT2D eigenvalue weighted by molar-refractivity contribution is -0.138. The van der Waals surface area contributed by atoms with E-state index < -0.39 is 29.7 Å². The number of rotatable bonds is 6. The number of urea groups is 1. The lowest BCUT2D eigenvalue weighted by atomic mass is 9.91. The van der Waals surface area contributed by atoms with Gasteiger partial charge in [0.15, 0.2) is 0 Å². The summed E-state index contributed by atoms with van der Waals surface area (Å²) in [5, 5.41) is 4.31. The summed E-state index contributed by atoms with van der Waals surface area (Å²) in [6.45, 7) is 4.22. The Morgan fingerprint density at radius 2 is 1.91 bits per heavy atom. The molecule has 3 aliphatic heterocycles. The molecular weight excluding hydrogens is 455 g/mol. The number of nitrogens with zero attached hydrogens (tertiary/aromatic N) is 3. The average molecular weight is 481 g/mol. The molecule has 0 spiro atoms. The highest BCUT2D eigenvalue weighted by Crippen LogP contribution is 2.41. The minimum absolute atomic E-state index is 0.0148. The minimum Gasteiger partial charge on any atom is -0.379 e. The van der Waals surface area contributed by atoms with Crippen LogP contribution in [-0.4, -0.2) is 78.6 Å². The number of ether oxygens (including phenoxy) is 1. The van der Waals surface area contributed by atoms with Crippen LogP contribution in [0.3, 0.4) is 0 Å². The molecule has 34 heavy (non-hydrogen) atoms. The number of morpholine rings is 1. The summed E-state index contributed by atoms with van der Waals surface area (Å²) in [6, 6.07) is 3.11. The second-order valence-electron chi connectivity index (χ2n) is 8.18. The van der Waals surface area contributed by atoms with Gasteiger partial charge in [0.1, 0.15) is 0 Å². The molecule has 2 N–H and O–H groups in total. The second kappa shape index (κ2) is 9.63. The lowest BCUT2D eigenvalue weighted by Gasteiger charge is -2.33. The molecule has 0 radical (unpaired) electrons. The summed E-state index contributed by atoms with van der Waals surface area (Å²) < 4.78 is 46.3. The van der Waals surface area contributed by atoms with E-state index in [1.807, 2.05) is 0 Å². The standard InChI is InChI=1S/C22H26F3N5O4/c1-2-30-16-13-28(8-7-17(31)27-29-9-11-34-12-10-29)20(32)18(16)19(26-21(30)33)14-5-3-4-6-15(14)22(23,24)25/h3-6,19H,2,7-13H2,1H3,(H,26,33)(H,27,31)/t19-/m1/s1. The van der Waals surface area contributed by atoms with Crippen molar-refractivity contribution in [2.75, 3.05) is 45.9 Å². The van der Waals surface area contributed by atoms with Crippen LogP contribution in [0.1, 0.15) is 30.5 Å². The molecule has 184 valence electrons. The van der Waals surface area contributed by atoms with Crippen LogP contribution in [0, 0.1) is 0 Å². The highest BCUT2D eigenvalue weighted by molar-refractivity contribution is 6.01. The van der Waals surface area contributed by atoms with Crippen LogP contribution >= 0.6 is 0 Å². The van der Waals surface area contributed by atoms with Crippen molar-refractivity contribution in [1.82, 2.24) is 25.6 Å². The zero-order valence-electron chi connectivity index (χ0n) is 18.7. The molecule has 4 rings (SSSR count). The molecule has 1 saturated heterocycles. The van der Waals surface area contributed by atoms with Gasteiger partial charge in [-0.2, -0.15) is 13.2 Å². The molecule has 4 amide bonds. The van der Waals surface area contributed by atoms with Gasteiger partial charge in [-0.25, -0.2) is 9.80 Å². The first-order valence-corrected chi connectivity index (χ1v) is 11.1. The Hall–Kier alpha value is -3.12. The van der Waals surface area contributed by atoms with Crippen molar-refractivity contribution in [1.29, 1.82) is 0 Å². The number of likely N-dealkylation sites (N-methyl/N-ethyl adjacent to an activating group) is 1. The van der Waals surface area contributed by atoms with E-state index in [-0.39, 0.29) is 43.1 Å². The monoisotopic (exact) mass is 481 g/mol. The maximum Gasteiger partial charge on any atom is 0.416 e. The summed E-state index contributed by atoms with van der Waals surface area (Å²) in [5.74, 6) is -0.769. The molecule has 0 aromatic heterocycles. The van der Waals surface area contributed by atoms with Gasteiger partial charge < -0.3 is 15.0 Å². The van der Waals surface area contributed by atoms with Crippen molar-refractivity contribution in [3.05, 3.63) is 46.7 Å². The number of hydrazine groups is 1. The maximum absolute atomic E-state index is 13.7. The van der Waals surface area contributed by atoms with E-state index in [9.17, 15) is 27.6 Å². The first-order chi connectivity index (χ1) is 16.2. The molecular formula is C22H26F3N5O4. The molecule has 3 heterocycles. The molecule has 9 nitrogen and oxygen atoms in total. The molecule has 1 fully saturated rings. The van der Waals surface area contributed by atoms with E-state index in [1.54, 1.807) is 11.9 Å². The fourth-order valence-corrected chi connectivity index (χ4v) is 4.45. The van der Waals surface area contributed by atoms with Gasteiger partial charge in [0, 0.05) is 32.6 Å². The van der Waals surface area contributed by atoms with Crippen LogP contribution in [-0.2, 0) is 20.5 Å². The Bertz CT molecular complexity index is 1010. The van der Waals surface area contributed by atoms with E-state index in [4.69, 9.17) is 4.74 Å². The number of alkyl halides is 3. The van der Waals surface area contributed by atoms with Crippen molar-refractivity contribution < 1.29 is 32.3 Å². The smallest absolute Gasteiger partial charge is 0.379 e. The number of amides is 4. The van der Waals surface area contributed by atoms with Crippen LogP contribution in [0.2, 0.25) is 0 Å². The van der Waals surface area contributed by atoms with E-state index in [0.717, 1.165) is 6.07 Å². The summed E-state index contributed by atoms with van der Waals surface area (Å²) in [4.78, 5) is 41.1. The van der Waals surface area contributed by atoms with Crippen LogP contribution in [0.15, 0.2) is 35.5 Å². The Labute approximate surface area is 194 Å². The summed E-state index contributed by atoms with van der Waals surface area (Å²) in [6.07, 6.45) is -4.64. The van der Waals surface area contributed by atoms with Crippen molar-refractivity contribution in [3.8, 4) is 0 Å². The summed E-state index contributed by atoms with van der Waals surface area (Å²) in [7, 11) is 0. The van der Waals surface area contributed by atoms with Crippen molar-refractivity contribution >= 4 is 17.8 Å². The van der Waals surface area contributed by atoms with E-state index in [1.165, 1.54) is 28.0 Å². The molecule has 1 aromatic carbocycles. The summed E-state index contributed by atoms with van der Waals surface area (Å²) in [5.41, 5.74) is 2.14. The average Bonchev–Trinajstić information content (AvgIpc) is 3.13. The zero-order chi connectivity index (χ0) is 24.5. The van der Waals surface area contributed by atoms with E-state index in [0.29, 0.717) is 32.0 Å². The second-order valence-corrected chi connectivity index (χ2v) is 8.18. The Morgan fingerprint density at radius 1 is 1.21 bits per heavy atom. The largest absolute Gasteiger partial charge is 0.416 e. The van der Waals surface area contributed by atoms with Crippen LogP contribution in [0.25, 0.3) is 0 Å². The third-order valence-corrected chi connectivity index (χ3v) is 6.09. The number of hydrogen-bond donors (Lipinski definition) is 2. The number of nitrogens with one attached hydrogen (secondary N) is 2. The Kier molecular flexibility index (Phi) is 6.80. The number of halogens is 3. The first-order valence-electron chi connectivity index (χ1n) is 11.1. The quantitative estimate of drug-likeness (QED) is 0.645. The van der Waals surface area contributed by atoms with Crippen molar-refractivity contribution in [3.63, 3.8) is 0 Å². The van der Waals surface area contributed by atoms with Gasteiger partial charge in [-0.1, -0.05) is 18.2 Å². The van der Waals surface area contributed by atoms with Crippen LogP contribution in [0.4, 0.5) is 18.0 Å². The predicted octanol–water partition coefficient (Wildman–Crippen LogP) is 1.64. The van der Waals surface area contributed by atoms with Gasteiger partial charge in [-0.15, -0.1) is 0 Å². The highest BCUT2D eigenvalue weighted by Gasteiger charge is 2.46. The van der Waals surface area contributed by atoms with Gasteiger partial charge in [0.2, 0.25) is 5.91 Å². The maximum atomic E-state index is 13.7. The Balaban J connectivity index is 1.54. The fraction of sp³-hybridized carbons (Fsp3) is 0.500. The number of carbonyl (C=O) groups is 3. The first kappa shape index (κ1) is 24.0. The molecule has 3 aliphatic rings. The number of hydrogen-bond acceptors (Lipinski definition) is 5. The number of carbonyl (C=O) groups excluding carboxylic acids is 3. The molecule has 0 saturated carbocycles. The Morgan fingerprint density at radius 3 is 2.59 bits per heavy atom. The minimum atomic E-state index is -4.65. The van der Waals surface area contributed by atoms with Crippen LogP contribution in [0.5, 0.6) is 0 Å². The van der Waals surface area contributed by atoms with Crippen molar-refractivity contribution in [2.24, 2.45) is 0 Å². The third-order valence-electron chi connectivity index (χ3n) is 6.09. The molecule has 0 unspecified atom stereocenters. The highest BCUT2D eigenvalue weighted by atomic mass is 19.4. The third kappa shape index (κ3) is 4.73. The molecule has 0 bridgehead atoms. The van der Waals surface area contributed by atoms with Gasteiger partial charge in [-0.3, -0.25) is 19.9 Å². The van der Waals surface area contributed by atoms with E-state index in [2.05, 4.69) is 10.7 Å². The van der Waals surface area contributed by atoms with Gasteiger partial charge >= 0.3 is 12.2 Å². The van der Waals surface area contributed by atoms with Crippen molar-refractivity contribution in [2.45, 2.75) is 25.6 Å². The predicted molar refractivity (Wildman–Crippen MR) is 114 cm³/mol. The molecule has 1 atom stereocenters. The molecule has 1 aromatic rings. The van der Waals surface area contributed by atoms with Gasteiger partial charge in [0.05, 0.1) is 42.6 Å². The normalized spacial score (nSPS) is 21.6. The van der Waals surface area contributed by atoms with Gasteiger partial charge in [0.25, 0.3) is 5.91 Å². The number of benzene rings is 1. The van der Waals surface area contributed by atoms with Crippen LogP contribution < -0.4 is 10.7 Å². The molecule has 0 aliphatic carbocycles. The molecule has 12 heteroatoms. The lowest BCUT2D eigenvalue weighted by Crippen LogP contribution is -2.49. The van der Waals surface area contributed by atoms with E-state index >= 15 is 0 Å². The zero-order valence-corrected chi connectivity index (χ0v) is 18.7. The summed E-state index contributed by atoms with van der Waals surface area (Å²) >= 11 is 0. The topological polar surface area (TPSA) is 94.2 Å². The SMILES string of the molecule is CCN1C(=O)N[C@H](c2ccccc2C(F)(F)F)C2=C1CN(CCC(=O)NN1CCOCC1)C2=O.